The van der Waals surface area contributed by atoms with E-state index < -0.39 is 11.4 Å². The van der Waals surface area contributed by atoms with Crippen molar-refractivity contribution in [1.82, 2.24) is 0 Å². The van der Waals surface area contributed by atoms with Gasteiger partial charge in [-0.3, -0.25) is 8.37 Å². The van der Waals surface area contributed by atoms with Crippen molar-refractivity contribution in [2.75, 3.05) is 13.2 Å². The number of hydrogen-bond acceptors (Lipinski definition) is 4. The van der Waals surface area contributed by atoms with Gasteiger partial charge in [0.05, 0.1) is 6.61 Å². The van der Waals surface area contributed by atoms with Gasteiger partial charge in [0.15, 0.2) is 0 Å². The summed E-state index contributed by atoms with van der Waals surface area (Å²) in [5, 5.41) is 0. The van der Waals surface area contributed by atoms with Gasteiger partial charge in [-0.1, -0.05) is 24.3 Å². The monoisotopic (exact) mass is 254 g/mol. The van der Waals surface area contributed by atoms with Crippen molar-refractivity contribution in [1.29, 1.82) is 0 Å². The second-order valence-electron chi connectivity index (χ2n) is 3.62. The molecule has 2 atom stereocenters. The molecule has 92 valence electrons. The molecule has 4 nitrogen and oxygen atoms in total. The molecule has 0 aromatic heterocycles. The van der Waals surface area contributed by atoms with E-state index in [-0.39, 0.29) is 6.10 Å². The van der Waals surface area contributed by atoms with Crippen LogP contribution >= 0.6 is 0 Å². The predicted octanol–water partition coefficient (Wildman–Crippen LogP) is 1.79. The molecule has 0 N–H and O–H groups in total. The van der Waals surface area contributed by atoms with Crippen molar-refractivity contribution < 1.29 is 17.3 Å². The van der Waals surface area contributed by atoms with E-state index in [2.05, 4.69) is 6.58 Å². The highest BCUT2D eigenvalue weighted by atomic mass is 32.2. The molecule has 17 heavy (non-hydrogen) atoms. The smallest absolute Gasteiger partial charge is 0.305 e. The van der Waals surface area contributed by atoms with E-state index in [0.29, 0.717) is 13.2 Å². The van der Waals surface area contributed by atoms with E-state index >= 15 is 0 Å². The minimum Gasteiger partial charge on any atom is -0.490 e. The van der Waals surface area contributed by atoms with Crippen LogP contribution in [-0.2, 0) is 26.1 Å². The van der Waals surface area contributed by atoms with E-state index in [1.165, 1.54) is 0 Å². The lowest BCUT2D eigenvalue weighted by atomic mass is 10.1. The second kappa shape index (κ2) is 5.95. The van der Waals surface area contributed by atoms with Gasteiger partial charge in [-0.2, -0.15) is 4.21 Å². The summed E-state index contributed by atoms with van der Waals surface area (Å²) in [6.07, 6.45) is 2.31. The van der Waals surface area contributed by atoms with E-state index in [0.717, 1.165) is 17.7 Å². The Morgan fingerprint density at radius 2 is 2.35 bits per heavy atom. The highest BCUT2D eigenvalue weighted by Crippen LogP contribution is 2.20. The third-order valence-electron chi connectivity index (χ3n) is 2.33. The molecule has 0 amide bonds. The quantitative estimate of drug-likeness (QED) is 0.751. The number of rotatable bonds is 5. The van der Waals surface area contributed by atoms with Crippen LogP contribution < -0.4 is 4.74 Å². The zero-order valence-corrected chi connectivity index (χ0v) is 10.2. The van der Waals surface area contributed by atoms with Crippen LogP contribution in [0.25, 0.3) is 0 Å². The van der Waals surface area contributed by atoms with E-state index in [1.807, 2.05) is 30.3 Å². The van der Waals surface area contributed by atoms with Gasteiger partial charge in [0, 0.05) is 0 Å². The molecule has 2 unspecified atom stereocenters. The van der Waals surface area contributed by atoms with Crippen molar-refractivity contribution >= 4 is 11.4 Å². The van der Waals surface area contributed by atoms with Gasteiger partial charge in [0.1, 0.15) is 18.5 Å². The molecule has 1 aromatic rings. The Morgan fingerprint density at radius 1 is 1.53 bits per heavy atom. The summed E-state index contributed by atoms with van der Waals surface area (Å²) in [4.78, 5) is 0. The van der Waals surface area contributed by atoms with E-state index in [9.17, 15) is 4.21 Å². The molecule has 2 rings (SSSR count). The predicted molar refractivity (Wildman–Crippen MR) is 64.8 cm³/mol. The van der Waals surface area contributed by atoms with Crippen molar-refractivity contribution in [2.45, 2.75) is 12.5 Å². The lowest BCUT2D eigenvalue weighted by Crippen LogP contribution is -2.20. The molecular weight excluding hydrogens is 240 g/mol. The first kappa shape index (κ1) is 12.3. The maximum Gasteiger partial charge on any atom is 0.305 e. The summed E-state index contributed by atoms with van der Waals surface area (Å²) in [6, 6.07) is 7.74. The van der Waals surface area contributed by atoms with Crippen LogP contribution in [-0.4, -0.2) is 23.5 Å². The van der Waals surface area contributed by atoms with Crippen LogP contribution in [0.15, 0.2) is 36.9 Å². The molecule has 1 aliphatic rings. The molecule has 0 saturated carbocycles. The van der Waals surface area contributed by atoms with Crippen molar-refractivity contribution in [3.63, 3.8) is 0 Å². The van der Waals surface area contributed by atoms with Gasteiger partial charge in [0.25, 0.3) is 0 Å². The average molecular weight is 254 g/mol. The molecule has 0 spiro atoms. The summed E-state index contributed by atoms with van der Waals surface area (Å²) in [5.41, 5.74) is 1.07. The fourth-order valence-electron chi connectivity index (χ4n) is 1.53. The van der Waals surface area contributed by atoms with Crippen LogP contribution in [0.3, 0.4) is 0 Å². The summed E-state index contributed by atoms with van der Waals surface area (Å²) < 4.78 is 26.2. The maximum absolute atomic E-state index is 10.8. The molecular formula is C12H14O4S. The zero-order chi connectivity index (χ0) is 12.1. The Hall–Kier alpha value is -1.17. The number of hydrogen-bond donors (Lipinski definition) is 0. The third-order valence-corrected chi connectivity index (χ3v) is 3.08. The summed E-state index contributed by atoms with van der Waals surface area (Å²) in [7, 11) is 0. The molecule has 1 heterocycles. The van der Waals surface area contributed by atoms with Crippen LogP contribution in [0.4, 0.5) is 0 Å². The molecule has 0 bridgehead atoms. The second-order valence-corrected chi connectivity index (χ2v) is 4.45. The summed E-state index contributed by atoms with van der Waals surface area (Å²) >= 11 is -1.62. The Labute approximate surface area is 103 Å². The highest BCUT2D eigenvalue weighted by Gasteiger charge is 2.24. The first-order valence-corrected chi connectivity index (χ1v) is 6.33. The van der Waals surface area contributed by atoms with Gasteiger partial charge in [-0.05, 0) is 18.1 Å². The van der Waals surface area contributed by atoms with Crippen molar-refractivity contribution in [2.24, 2.45) is 0 Å². The van der Waals surface area contributed by atoms with Crippen LogP contribution in [0.1, 0.15) is 5.56 Å². The molecule has 1 aliphatic heterocycles. The minimum atomic E-state index is -1.62. The van der Waals surface area contributed by atoms with Gasteiger partial charge in [-0.25, -0.2) is 0 Å². The fraction of sp³-hybridized carbons (Fsp3) is 0.333. The zero-order valence-electron chi connectivity index (χ0n) is 9.33. The van der Waals surface area contributed by atoms with E-state index in [1.54, 1.807) is 0 Å². The van der Waals surface area contributed by atoms with Crippen LogP contribution in [0, 0.1) is 0 Å². The molecule has 1 fully saturated rings. The normalized spacial score (nSPS) is 23.5. The standard InChI is InChI=1S/C12H14O4S/c1-2-5-10-6-3-4-7-12(10)14-8-11-9-15-17(13)16-11/h2-4,6-7,11H,1,5,8-9H2. The highest BCUT2D eigenvalue weighted by molar-refractivity contribution is 7.75. The average Bonchev–Trinajstić information content (AvgIpc) is 2.74. The lowest BCUT2D eigenvalue weighted by Gasteiger charge is -2.12. The van der Waals surface area contributed by atoms with Gasteiger partial charge < -0.3 is 4.74 Å². The summed E-state index contributed by atoms with van der Waals surface area (Å²) in [5.74, 6) is 0.800. The third kappa shape index (κ3) is 3.39. The topological polar surface area (TPSA) is 44.8 Å². The largest absolute Gasteiger partial charge is 0.490 e. The van der Waals surface area contributed by atoms with Gasteiger partial charge >= 0.3 is 11.4 Å². The Bertz CT molecular complexity index is 419. The maximum atomic E-state index is 10.8. The van der Waals surface area contributed by atoms with Gasteiger partial charge in [0.2, 0.25) is 0 Å². The Balaban J connectivity index is 1.94. The molecule has 0 aliphatic carbocycles. The molecule has 1 saturated heterocycles. The molecule has 1 aromatic carbocycles. The van der Waals surface area contributed by atoms with Crippen LogP contribution in [0.5, 0.6) is 5.75 Å². The number of benzene rings is 1. The fourth-order valence-corrected chi connectivity index (χ4v) is 2.18. The SMILES string of the molecule is C=CCc1ccccc1OCC1COS(=O)O1. The van der Waals surface area contributed by atoms with Crippen molar-refractivity contribution in [3.05, 3.63) is 42.5 Å². The van der Waals surface area contributed by atoms with Crippen molar-refractivity contribution in [3.8, 4) is 5.75 Å². The van der Waals surface area contributed by atoms with Gasteiger partial charge in [-0.15, -0.1) is 6.58 Å². The minimum absolute atomic E-state index is 0.271. The Morgan fingerprint density at radius 3 is 3.06 bits per heavy atom. The van der Waals surface area contributed by atoms with Crippen LogP contribution in [0.2, 0.25) is 0 Å². The number of ether oxygens (including phenoxy) is 1. The summed E-state index contributed by atoms with van der Waals surface area (Å²) in [6.45, 7) is 4.34. The number of allylic oxidation sites excluding steroid dienone is 1. The molecule has 0 radical (unpaired) electrons. The molecule has 5 heteroatoms. The first-order chi connectivity index (χ1) is 8.29. The first-order valence-electron chi connectivity index (χ1n) is 5.33. The number of para-hydroxylation sites is 1. The van der Waals surface area contributed by atoms with E-state index in [4.69, 9.17) is 13.1 Å². The lowest BCUT2D eigenvalue weighted by molar-refractivity contribution is 0.151. The Kier molecular flexibility index (Phi) is 4.30.